The molecule has 0 atom stereocenters. The summed E-state index contributed by atoms with van der Waals surface area (Å²) in [5.41, 5.74) is 7.46. The second-order valence-corrected chi connectivity index (χ2v) is 11.1. The number of likely N-dealkylation sites (tertiary alicyclic amines) is 1. The molecule has 6 aromatic rings. The molecule has 3 aromatic heterocycles. The Hall–Kier alpha value is -3.80. The molecule has 7 rings (SSSR count). The van der Waals surface area contributed by atoms with Crippen LogP contribution in [0.1, 0.15) is 35.8 Å². The molecule has 4 heterocycles. The Morgan fingerprint density at radius 1 is 0.872 bits per heavy atom. The molecule has 1 saturated heterocycles. The van der Waals surface area contributed by atoms with Crippen molar-refractivity contribution in [3.05, 3.63) is 102 Å². The van der Waals surface area contributed by atoms with Gasteiger partial charge in [0.25, 0.3) is 0 Å². The van der Waals surface area contributed by atoms with Crippen molar-refractivity contribution in [2.75, 3.05) is 13.1 Å². The predicted molar refractivity (Wildman–Crippen MR) is 155 cm³/mol. The first-order chi connectivity index (χ1) is 19.2. The molecule has 0 spiro atoms. The third-order valence-electron chi connectivity index (χ3n) is 7.64. The van der Waals surface area contributed by atoms with Crippen molar-refractivity contribution in [2.45, 2.75) is 31.8 Å². The summed E-state index contributed by atoms with van der Waals surface area (Å²) in [5.74, 6) is 0.960. The number of benzene rings is 3. The number of rotatable bonds is 6. The van der Waals surface area contributed by atoms with Gasteiger partial charge in [-0.15, -0.1) is 0 Å². The Kier molecular flexibility index (Phi) is 6.47. The van der Waals surface area contributed by atoms with Crippen LogP contribution >= 0.6 is 0 Å². The van der Waals surface area contributed by atoms with E-state index >= 15 is 0 Å². The molecule has 2 radical (unpaired) electrons. The van der Waals surface area contributed by atoms with Crippen LogP contribution in [0.3, 0.4) is 0 Å². The molecule has 8 heteroatoms. The summed E-state index contributed by atoms with van der Waals surface area (Å²) >= 11 is 2.60. The number of nitrogens with one attached hydrogen (secondary N) is 1. The molecule has 1 aliphatic heterocycles. The number of H-pyrrole nitrogens is 1. The van der Waals surface area contributed by atoms with Gasteiger partial charge in [-0.3, -0.25) is 0 Å². The average Bonchev–Trinajstić information content (AvgIpc) is 3.56. The van der Waals surface area contributed by atoms with Crippen LogP contribution in [0.4, 0.5) is 0 Å². The molecular weight excluding hydrogens is 545 g/mol. The molecular formula is C31H28AsN7. The minimum atomic E-state index is 0.309. The molecule has 7 nitrogen and oxygen atoms in total. The van der Waals surface area contributed by atoms with Crippen molar-refractivity contribution < 1.29 is 0 Å². The van der Waals surface area contributed by atoms with Crippen LogP contribution in [0.5, 0.6) is 0 Å². The summed E-state index contributed by atoms with van der Waals surface area (Å²) < 4.78 is 3.05. The van der Waals surface area contributed by atoms with E-state index in [0.29, 0.717) is 6.04 Å². The summed E-state index contributed by atoms with van der Waals surface area (Å²) in [4.78, 5) is 20.1. The molecule has 0 aliphatic carbocycles. The maximum absolute atomic E-state index is 5.19. The summed E-state index contributed by atoms with van der Waals surface area (Å²) in [6, 6.07) is 27.8. The Balaban J connectivity index is 1.18. The molecule has 192 valence electrons. The third-order valence-corrected chi connectivity index (χ3v) is 8.35. The number of fused-ring (bicyclic) bond motifs is 2. The molecule has 1 N–H and O–H groups in total. The van der Waals surface area contributed by atoms with Crippen molar-refractivity contribution in [1.82, 2.24) is 34.6 Å². The molecule has 0 unspecified atom stereocenters. The number of aromatic amines is 1. The number of aromatic nitrogens is 6. The molecule has 1 aliphatic rings. The van der Waals surface area contributed by atoms with Crippen LogP contribution in [0.15, 0.2) is 85.2 Å². The molecule has 0 amide bonds. The van der Waals surface area contributed by atoms with Gasteiger partial charge < -0.3 is 0 Å². The SMILES string of the molecule is [As]c1ncnc2c1c(-c1ccc3nc(Cc4ccccc4)[nH]c3c1)nn2C1CCN(Cc2ccccc2)CC1. The molecule has 39 heavy (non-hydrogen) atoms. The second-order valence-electron chi connectivity index (χ2n) is 10.3. The van der Waals surface area contributed by atoms with E-state index < -0.39 is 0 Å². The van der Waals surface area contributed by atoms with Gasteiger partial charge in [-0.2, -0.15) is 0 Å². The predicted octanol–water partition coefficient (Wildman–Crippen LogP) is 4.59. The number of imidazole rings is 1. The first-order valence-electron chi connectivity index (χ1n) is 13.4. The van der Waals surface area contributed by atoms with E-state index in [4.69, 9.17) is 15.1 Å². The molecule has 1 fully saturated rings. The maximum atomic E-state index is 5.19. The summed E-state index contributed by atoms with van der Waals surface area (Å²) in [6.45, 7) is 3.08. The first kappa shape index (κ1) is 24.3. The van der Waals surface area contributed by atoms with Crippen molar-refractivity contribution in [3.63, 3.8) is 0 Å². The van der Waals surface area contributed by atoms with Crippen molar-refractivity contribution in [2.24, 2.45) is 0 Å². The number of hydrogen-bond donors (Lipinski definition) is 1. The summed E-state index contributed by atoms with van der Waals surface area (Å²) in [6.07, 6.45) is 4.51. The Labute approximate surface area is 235 Å². The summed E-state index contributed by atoms with van der Waals surface area (Å²) in [5, 5.41) is 6.19. The van der Waals surface area contributed by atoms with E-state index in [-0.39, 0.29) is 0 Å². The first-order valence-corrected chi connectivity index (χ1v) is 14.4. The zero-order valence-electron chi connectivity index (χ0n) is 21.5. The standard InChI is InChI=1S/C31H28AsN7/c32-30-28-29(23-11-12-25-26(18-23)36-27(35-25)17-21-7-3-1-4-8-21)37-39(31(28)34-20-33-30)24-13-15-38(16-14-24)19-22-9-5-2-6-10-22/h1-12,18,20,24H,13-17,19H2,(H,35,36). The fourth-order valence-corrected chi connectivity index (χ4v) is 6.20. The van der Waals surface area contributed by atoms with Gasteiger partial charge in [0.15, 0.2) is 0 Å². The third kappa shape index (κ3) is 4.88. The summed E-state index contributed by atoms with van der Waals surface area (Å²) in [7, 11) is 0. The van der Waals surface area contributed by atoms with Gasteiger partial charge in [-0.05, 0) is 0 Å². The Bertz CT molecular complexity index is 1740. The van der Waals surface area contributed by atoms with Gasteiger partial charge in [0.05, 0.1) is 0 Å². The molecule has 3 aromatic carbocycles. The van der Waals surface area contributed by atoms with Crippen LogP contribution < -0.4 is 4.48 Å². The van der Waals surface area contributed by atoms with Crippen LogP contribution in [0, 0.1) is 0 Å². The van der Waals surface area contributed by atoms with Gasteiger partial charge in [0.1, 0.15) is 0 Å². The minimum absolute atomic E-state index is 0.309. The quantitative estimate of drug-likeness (QED) is 0.295. The Morgan fingerprint density at radius 3 is 2.38 bits per heavy atom. The van der Waals surface area contributed by atoms with Crippen LogP contribution in [0.2, 0.25) is 0 Å². The number of piperidine rings is 1. The number of nitrogens with zero attached hydrogens (tertiary/aromatic N) is 6. The zero-order chi connectivity index (χ0) is 26.2. The van der Waals surface area contributed by atoms with Gasteiger partial charge in [0.2, 0.25) is 0 Å². The van der Waals surface area contributed by atoms with Gasteiger partial charge in [-0.1, -0.05) is 12.1 Å². The van der Waals surface area contributed by atoms with E-state index in [0.717, 1.165) is 82.5 Å². The average molecular weight is 574 g/mol. The number of hydrogen-bond acceptors (Lipinski definition) is 5. The fourth-order valence-electron chi connectivity index (χ4n) is 5.66. The van der Waals surface area contributed by atoms with Crippen molar-refractivity contribution in [3.8, 4) is 11.3 Å². The Morgan fingerprint density at radius 2 is 1.62 bits per heavy atom. The van der Waals surface area contributed by atoms with Crippen molar-refractivity contribution in [1.29, 1.82) is 0 Å². The molecule has 0 bridgehead atoms. The molecule has 0 saturated carbocycles. The zero-order valence-corrected chi connectivity index (χ0v) is 23.4. The second kappa shape index (κ2) is 10.4. The topological polar surface area (TPSA) is 75.5 Å². The normalized spacial score (nSPS) is 14.9. The van der Waals surface area contributed by atoms with Crippen LogP contribution in [0.25, 0.3) is 33.3 Å². The van der Waals surface area contributed by atoms with Crippen LogP contribution in [-0.2, 0) is 13.0 Å². The fraction of sp³-hybridized carbons (Fsp3) is 0.226. The van der Waals surface area contributed by atoms with E-state index in [1.807, 2.05) is 6.07 Å². The van der Waals surface area contributed by atoms with E-state index in [1.165, 1.54) is 11.1 Å². The monoisotopic (exact) mass is 573 g/mol. The van der Waals surface area contributed by atoms with Gasteiger partial charge in [-0.25, -0.2) is 0 Å². The van der Waals surface area contributed by atoms with E-state index in [2.05, 4.69) is 109 Å². The van der Waals surface area contributed by atoms with Crippen molar-refractivity contribution >= 4 is 43.4 Å². The van der Waals surface area contributed by atoms with Gasteiger partial charge in [0, 0.05) is 0 Å². The van der Waals surface area contributed by atoms with E-state index in [9.17, 15) is 0 Å². The van der Waals surface area contributed by atoms with Crippen LogP contribution in [-0.4, -0.2) is 64.6 Å². The van der Waals surface area contributed by atoms with Gasteiger partial charge >= 0.3 is 224 Å². The van der Waals surface area contributed by atoms with E-state index in [1.54, 1.807) is 6.33 Å².